The predicted molar refractivity (Wildman–Crippen MR) is 42.7 cm³/mol. The summed E-state index contributed by atoms with van der Waals surface area (Å²) in [6.45, 7) is 3.88. The van der Waals surface area contributed by atoms with Gasteiger partial charge in [-0.2, -0.15) is 0 Å². The summed E-state index contributed by atoms with van der Waals surface area (Å²) in [4.78, 5) is 23.4. The van der Waals surface area contributed by atoms with E-state index in [-0.39, 0.29) is 24.7 Å². The second-order valence-electron chi connectivity index (χ2n) is 2.73. The van der Waals surface area contributed by atoms with E-state index in [2.05, 4.69) is 0 Å². The first kappa shape index (κ1) is 9.19. The standard InChI is InChI=1S/C8H13NO3/c1-2-12-4-3-9-6-7(10)5-8(9)11/h2-6H2,1H3. The van der Waals surface area contributed by atoms with Gasteiger partial charge in [-0.3, -0.25) is 9.59 Å². The monoisotopic (exact) mass is 171 g/mol. The van der Waals surface area contributed by atoms with Crippen LogP contribution in [0, 0.1) is 0 Å². The fraction of sp³-hybridized carbons (Fsp3) is 0.750. The van der Waals surface area contributed by atoms with Gasteiger partial charge in [0, 0.05) is 13.2 Å². The fourth-order valence-corrected chi connectivity index (χ4v) is 1.16. The van der Waals surface area contributed by atoms with Crippen LogP contribution >= 0.6 is 0 Å². The van der Waals surface area contributed by atoms with Crippen molar-refractivity contribution in [3.8, 4) is 0 Å². The maximum atomic E-state index is 11.0. The van der Waals surface area contributed by atoms with Crippen molar-refractivity contribution in [3.63, 3.8) is 0 Å². The van der Waals surface area contributed by atoms with E-state index in [1.807, 2.05) is 6.92 Å². The van der Waals surface area contributed by atoms with Crippen LogP contribution in [-0.4, -0.2) is 42.9 Å². The number of ketones is 1. The van der Waals surface area contributed by atoms with Crippen molar-refractivity contribution in [2.75, 3.05) is 26.3 Å². The van der Waals surface area contributed by atoms with Crippen LogP contribution < -0.4 is 0 Å². The van der Waals surface area contributed by atoms with Crippen molar-refractivity contribution in [3.05, 3.63) is 0 Å². The fourth-order valence-electron chi connectivity index (χ4n) is 1.16. The lowest BCUT2D eigenvalue weighted by atomic mass is 10.3. The van der Waals surface area contributed by atoms with E-state index in [4.69, 9.17) is 4.74 Å². The zero-order valence-electron chi connectivity index (χ0n) is 7.21. The molecule has 0 aromatic heterocycles. The van der Waals surface area contributed by atoms with Crippen LogP contribution in [0.5, 0.6) is 0 Å². The molecule has 4 heteroatoms. The van der Waals surface area contributed by atoms with Gasteiger partial charge in [-0.15, -0.1) is 0 Å². The van der Waals surface area contributed by atoms with Gasteiger partial charge < -0.3 is 9.64 Å². The number of rotatable bonds is 4. The third-order valence-electron chi connectivity index (χ3n) is 1.78. The number of Topliss-reactive ketones (excluding diaryl/α,β-unsaturated/α-hetero) is 1. The lowest BCUT2D eigenvalue weighted by Gasteiger charge is -2.13. The van der Waals surface area contributed by atoms with E-state index >= 15 is 0 Å². The average molecular weight is 171 g/mol. The Morgan fingerprint density at radius 3 is 2.75 bits per heavy atom. The second-order valence-corrected chi connectivity index (χ2v) is 2.73. The molecule has 0 unspecified atom stereocenters. The number of hydrogen-bond acceptors (Lipinski definition) is 3. The molecule has 68 valence electrons. The summed E-state index contributed by atoms with van der Waals surface area (Å²) in [6, 6.07) is 0. The largest absolute Gasteiger partial charge is 0.380 e. The van der Waals surface area contributed by atoms with Crippen LogP contribution in [-0.2, 0) is 14.3 Å². The lowest BCUT2D eigenvalue weighted by molar-refractivity contribution is -0.128. The molecule has 4 nitrogen and oxygen atoms in total. The van der Waals surface area contributed by atoms with E-state index in [1.54, 1.807) is 0 Å². The predicted octanol–water partition coefficient (Wildman–Crippen LogP) is -0.176. The Morgan fingerprint density at radius 2 is 2.25 bits per heavy atom. The van der Waals surface area contributed by atoms with Crippen molar-refractivity contribution in [1.82, 2.24) is 4.90 Å². The quantitative estimate of drug-likeness (QED) is 0.435. The smallest absolute Gasteiger partial charge is 0.230 e. The minimum absolute atomic E-state index is 0.0106. The van der Waals surface area contributed by atoms with Crippen molar-refractivity contribution in [2.24, 2.45) is 0 Å². The molecular formula is C8H13NO3. The molecule has 0 N–H and O–H groups in total. The third kappa shape index (κ3) is 2.30. The molecular weight excluding hydrogens is 158 g/mol. The molecule has 0 radical (unpaired) electrons. The highest BCUT2D eigenvalue weighted by Gasteiger charge is 2.26. The number of carbonyl (C=O) groups excluding carboxylic acids is 2. The topological polar surface area (TPSA) is 46.6 Å². The van der Waals surface area contributed by atoms with Gasteiger partial charge in [-0.1, -0.05) is 0 Å². The van der Waals surface area contributed by atoms with Gasteiger partial charge in [-0.05, 0) is 6.92 Å². The van der Waals surface area contributed by atoms with Gasteiger partial charge in [-0.25, -0.2) is 0 Å². The summed E-state index contributed by atoms with van der Waals surface area (Å²) in [7, 11) is 0. The first-order chi connectivity index (χ1) is 5.74. The Morgan fingerprint density at radius 1 is 1.50 bits per heavy atom. The highest BCUT2D eigenvalue weighted by atomic mass is 16.5. The minimum atomic E-state index is -0.0697. The molecule has 0 saturated carbocycles. The maximum Gasteiger partial charge on any atom is 0.230 e. The summed E-state index contributed by atoms with van der Waals surface area (Å²) in [5.41, 5.74) is 0. The average Bonchev–Trinajstić information content (AvgIpc) is 2.31. The summed E-state index contributed by atoms with van der Waals surface area (Å²) in [5, 5.41) is 0. The molecule has 1 saturated heterocycles. The van der Waals surface area contributed by atoms with Crippen molar-refractivity contribution < 1.29 is 14.3 Å². The number of likely N-dealkylation sites (tertiary alicyclic amines) is 1. The lowest BCUT2D eigenvalue weighted by Crippen LogP contribution is -2.29. The van der Waals surface area contributed by atoms with Crippen LogP contribution in [0.3, 0.4) is 0 Å². The molecule has 12 heavy (non-hydrogen) atoms. The van der Waals surface area contributed by atoms with E-state index < -0.39 is 0 Å². The van der Waals surface area contributed by atoms with E-state index in [1.165, 1.54) is 4.90 Å². The van der Waals surface area contributed by atoms with Gasteiger partial charge in [0.15, 0.2) is 5.78 Å². The molecule has 0 atom stereocenters. The molecule has 1 fully saturated rings. The number of amides is 1. The van der Waals surface area contributed by atoms with Crippen LogP contribution in [0.4, 0.5) is 0 Å². The number of hydrogen-bond donors (Lipinski definition) is 0. The van der Waals surface area contributed by atoms with Gasteiger partial charge >= 0.3 is 0 Å². The molecule has 0 aromatic rings. The Bertz CT molecular complexity index is 191. The Kier molecular flexibility index (Phi) is 3.22. The molecule has 1 amide bonds. The SMILES string of the molecule is CCOCCN1CC(=O)CC1=O. The van der Waals surface area contributed by atoms with Crippen LogP contribution in [0.25, 0.3) is 0 Å². The van der Waals surface area contributed by atoms with Gasteiger partial charge in [0.05, 0.1) is 19.6 Å². The molecule has 1 rings (SSSR count). The van der Waals surface area contributed by atoms with Crippen molar-refractivity contribution in [2.45, 2.75) is 13.3 Å². The molecule has 1 aliphatic heterocycles. The first-order valence-electron chi connectivity index (χ1n) is 4.11. The summed E-state index contributed by atoms with van der Waals surface area (Å²) in [6.07, 6.45) is 0.0755. The molecule has 0 bridgehead atoms. The second kappa shape index (κ2) is 4.21. The zero-order valence-corrected chi connectivity index (χ0v) is 7.21. The van der Waals surface area contributed by atoms with E-state index in [0.29, 0.717) is 19.8 Å². The van der Waals surface area contributed by atoms with Gasteiger partial charge in [0.25, 0.3) is 0 Å². The molecule has 1 aliphatic rings. The summed E-state index contributed by atoms with van der Waals surface area (Å²) in [5.74, 6) is -0.0591. The summed E-state index contributed by atoms with van der Waals surface area (Å²) >= 11 is 0. The van der Waals surface area contributed by atoms with E-state index in [9.17, 15) is 9.59 Å². The highest BCUT2D eigenvalue weighted by molar-refractivity contribution is 6.05. The Balaban J connectivity index is 2.24. The van der Waals surface area contributed by atoms with Crippen molar-refractivity contribution >= 4 is 11.7 Å². The normalized spacial score (nSPS) is 17.6. The molecule has 0 aromatic carbocycles. The highest BCUT2D eigenvalue weighted by Crippen LogP contribution is 2.05. The van der Waals surface area contributed by atoms with Crippen LogP contribution in [0.2, 0.25) is 0 Å². The van der Waals surface area contributed by atoms with Crippen LogP contribution in [0.15, 0.2) is 0 Å². The first-order valence-corrected chi connectivity index (χ1v) is 4.11. The number of ether oxygens (including phenoxy) is 1. The van der Waals surface area contributed by atoms with Gasteiger partial charge in [0.2, 0.25) is 5.91 Å². The number of carbonyl (C=O) groups is 2. The zero-order chi connectivity index (χ0) is 8.97. The number of nitrogens with zero attached hydrogens (tertiary/aromatic N) is 1. The molecule has 0 spiro atoms. The Labute approximate surface area is 71.5 Å². The third-order valence-corrected chi connectivity index (χ3v) is 1.78. The van der Waals surface area contributed by atoms with E-state index in [0.717, 1.165) is 0 Å². The maximum absolute atomic E-state index is 11.0. The molecule has 1 heterocycles. The molecule has 0 aliphatic carbocycles. The van der Waals surface area contributed by atoms with Gasteiger partial charge in [0.1, 0.15) is 0 Å². The van der Waals surface area contributed by atoms with Crippen molar-refractivity contribution in [1.29, 1.82) is 0 Å². The summed E-state index contributed by atoms with van der Waals surface area (Å²) < 4.78 is 5.07. The Hall–Kier alpha value is -0.900. The van der Waals surface area contributed by atoms with Crippen LogP contribution in [0.1, 0.15) is 13.3 Å². The minimum Gasteiger partial charge on any atom is -0.380 e.